The number of aromatic nitrogens is 1. The van der Waals surface area contributed by atoms with Crippen molar-refractivity contribution in [2.45, 2.75) is 6.92 Å². The van der Waals surface area contributed by atoms with E-state index in [0.717, 1.165) is 5.56 Å². The molecule has 4 aromatic rings. The van der Waals surface area contributed by atoms with Crippen LogP contribution in [-0.2, 0) is 4.74 Å². The Labute approximate surface area is 238 Å². The number of benzene rings is 3. The number of carbonyl (C=O) groups is 1. The van der Waals surface area contributed by atoms with Crippen LogP contribution in [0.25, 0.3) is 22.6 Å². The Bertz CT molecular complexity index is 1620. The molecule has 1 amide bonds. The summed E-state index contributed by atoms with van der Waals surface area (Å²) in [5.74, 6) is -0.247. The minimum Gasteiger partial charge on any atom is -0.435 e. The molecule has 1 aliphatic rings. The predicted molar refractivity (Wildman–Crippen MR) is 154 cm³/mol. The summed E-state index contributed by atoms with van der Waals surface area (Å²) in [5, 5.41) is 18.1. The van der Waals surface area contributed by atoms with Gasteiger partial charge in [0.15, 0.2) is 10.7 Å². The summed E-state index contributed by atoms with van der Waals surface area (Å²) in [5.41, 5.74) is 3.43. The van der Waals surface area contributed by atoms with Gasteiger partial charge in [0.1, 0.15) is 11.2 Å². The van der Waals surface area contributed by atoms with Crippen molar-refractivity contribution < 1.29 is 18.9 Å². The molecule has 200 valence electrons. The van der Waals surface area contributed by atoms with Gasteiger partial charge in [0.05, 0.1) is 23.2 Å². The van der Waals surface area contributed by atoms with Gasteiger partial charge in [-0.3, -0.25) is 20.2 Å². The largest absolute Gasteiger partial charge is 0.435 e. The molecule has 1 fully saturated rings. The number of nitro benzene ring substituents is 1. The Morgan fingerprint density at radius 2 is 1.90 bits per heavy atom. The third kappa shape index (κ3) is 5.81. The van der Waals surface area contributed by atoms with Crippen molar-refractivity contribution in [3.8, 4) is 11.5 Å². The van der Waals surface area contributed by atoms with Crippen LogP contribution in [0.2, 0.25) is 10.0 Å². The molecule has 2 N–H and O–H groups in total. The summed E-state index contributed by atoms with van der Waals surface area (Å²) in [4.78, 5) is 30.5. The molecule has 5 rings (SSSR count). The Morgan fingerprint density at radius 3 is 2.64 bits per heavy atom. The molecule has 0 radical (unpaired) electrons. The van der Waals surface area contributed by atoms with E-state index in [2.05, 4.69) is 15.6 Å². The van der Waals surface area contributed by atoms with Gasteiger partial charge in [0.2, 0.25) is 5.89 Å². The van der Waals surface area contributed by atoms with E-state index in [-0.39, 0.29) is 16.4 Å². The first-order valence-electron chi connectivity index (χ1n) is 11.8. The number of amides is 1. The summed E-state index contributed by atoms with van der Waals surface area (Å²) in [6.07, 6.45) is 0. The van der Waals surface area contributed by atoms with Gasteiger partial charge in [0.25, 0.3) is 11.6 Å². The zero-order chi connectivity index (χ0) is 27.7. The number of rotatable bonds is 5. The number of hydrogen-bond donors (Lipinski definition) is 2. The second-order valence-electron chi connectivity index (χ2n) is 8.75. The maximum absolute atomic E-state index is 12.9. The fourth-order valence-electron chi connectivity index (χ4n) is 4.18. The zero-order valence-corrected chi connectivity index (χ0v) is 22.8. The van der Waals surface area contributed by atoms with Gasteiger partial charge >= 0.3 is 0 Å². The van der Waals surface area contributed by atoms with E-state index in [9.17, 15) is 14.9 Å². The van der Waals surface area contributed by atoms with Crippen LogP contribution >= 0.6 is 35.4 Å². The molecule has 0 aliphatic carbocycles. The van der Waals surface area contributed by atoms with Crippen molar-refractivity contribution in [2.75, 3.05) is 36.5 Å². The van der Waals surface area contributed by atoms with Crippen molar-refractivity contribution in [1.29, 1.82) is 0 Å². The number of halogens is 2. The topological polar surface area (TPSA) is 123 Å². The summed E-state index contributed by atoms with van der Waals surface area (Å²) >= 11 is 17.7. The maximum atomic E-state index is 12.9. The van der Waals surface area contributed by atoms with Gasteiger partial charge in [-0.1, -0.05) is 29.3 Å². The van der Waals surface area contributed by atoms with E-state index >= 15 is 0 Å². The lowest BCUT2D eigenvalue weighted by Gasteiger charge is -2.28. The van der Waals surface area contributed by atoms with Crippen LogP contribution in [0, 0.1) is 17.0 Å². The molecule has 0 spiro atoms. The predicted octanol–water partition coefficient (Wildman–Crippen LogP) is 5.98. The number of hydrogen-bond acceptors (Lipinski definition) is 8. The van der Waals surface area contributed by atoms with Gasteiger partial charge in [-0.15, -0.1) is 0 Å². The number of anilines is 2. The normalized spacial score (nSPS) is 13.4. The number of aryl methyl sites for hydroxylation is 1. The molecule has 1 saturated heterocycles. The quantitative estimate of drug-likeness (QED) is 0.165. The fraction of sp³-hybridized carbons (Fsp3) is 0.192. The van der Waals surface area contributed by atoms with Crippen LogP contribution < -0.4 is 15.5 Å². The Balaban J connectivity index is 1.32. The second kappa shape index (κ2) is 11.1. The molecule has 3 aromatic carbocycles. The molecule has 0 bridgehead atoms. The molecule has 39 heavy (non-hydrogen) atoms. The Morgan fingerprint density at radius 1 is 1.13 bits per heavy atom. The number of nitrogens with one attached hydrogen (secondary N) is 2. The molecule has 0 unspecified atom stereocenters. The van der Waals surface area contributed by atoms with Gasteiger partial charge in [-0.25, -0.2) is 4.98 Å². The molecule has 0 atom stereocenters. The number of nitrogens with zero attached hydrogens (tertiary/aromatic N) is 3. The summed E-state index contributed by atoms with van der Waals surface area (Å²) in [6, 6.07) is 13.0. The lowest BCUT2D eigenvalue weighted by Crippen LogP contribution is -2.37. The lowest BCUT2D eigenvalue weighted by atomic mass is 10.1. The summed E-state index contributed by atoms with van der Waals surface area (Å²) in [6.45, 7) is 3.89. The smallest absolute Gasteiger partial charge is 0.293 e. The van der Waals surface area contributed by atoms with Gasteiger partial charge in [0, 0.05) is 41.0 Å². The summed E-state index contributed by atoms with van der Waals surface area (Å²) < 4.78 is 11.2. The average molecular weight is 586 g/mol. The molecule has 2 heterocycles. The van der Waals surface area contributed by atoms with Gasteiger partial charge < -0.3 is 19.4 Å². The van der Waals surface area contributed by atoms with Crippen LogP contribution in [0.1, 0.15) is 15.9 Å². The van der Waals surface area contributed by atoms with Crippen molar-refractivity contribution in [1.82, 2.24) is 10.3 Å². The van der Waals surface area contributed by atoms with E-state index in [1.807, 2.05) is 24.0 Å². The number of carbonyl (C=O) groups excluding carboxylic acids is 1. The van der Waals surface area contributed by atoms with Crippen LogP contribution in [0.5, 0.6) is 0 Å². The average Bonchev–Trinajstić information content (AvgIpc) is 3.34. The monoisotopic (exact) mass is 585 g/mol. The first-order chi connectivity index (χ1) is 18.7. The van der Waals surface area contributed by atoms with Crippen LogP contribution in [-0.4, -0.2) is 47.2 Å². The van der Waals surface area contributed by atoms with Gasteiger partial charge in [-0.05, 0) is 61.1 Å². The third-order valence-corrected chi connectivity index (χ3v) is 6.86. The highest BCUT2D eigenvalue weighted by atomic mass is 35.5. The lowest BCUT2D eigenvalue weighted by molar-refractivity contribution is -0.384. The van der Waals surface area contributed by atoms with Crippen molar-refractivity contribution in [2.24, 2.45) is 0 Å². The van der Waals surface area contributed by atoms with Crippen molar-refractivity contribution >= 4 is 74.6 Å². The number of fused-ring (bicyclic) bond motifs is 1. The molecule has 1 aliphatic heterocycles. The molecule has 13 heteroatoms. The fourth-order valence-corrected chi connectivity index (χ4v) is 4.91. The van der Waals surface area contributed by atoms with Crippen molar-refractivity contribution in [3.63, 3.8) is 0 Å². The summed E-state index contributed by atoms with van der Waals surface area (Å²) in [7, 11) is 0. The number of thiocarbonyl (C=S) groups is 1. The van der Waals surface area contributed by atoms with Crippen LogP contribution in [0.3, 0.4) is 0 Å². The van der Waals surface area contributed by atoms with E-state index in [0.29, 0.717) is 70.3 Å². The van der Waals surface area contributed by atoms with Crippen LogP contribution in [0.4, 0.5) is 17.1 Å². The number of morpholine rings is 1. The van der Waals surface area contributed by atoms with E-state index in [1.165, 1.54) is 12.1 Å². The number of nitro groups is 1. The number of ether oxygens (including phenoxy) is 1. The molecular weight excluding hydrogens is 565 g/mol. The van der Waals surface area contributed by atoms with E-state index in [1.54, 1.807) is 24.3 Å². The SMILES string of the molecule is Cc1ccc(-c2nc3cc(Cl)cc(Cl)c3o2)cc1NC(=S)NC(=O)c1ccc(N2CCOCC2)c([N+](=O)[O-])c1. The van der Waals surface area contributed by atoms with E-state index < -0.39 is 10.8 Å². The zero-order valence-electron chi connectivity index (χ0n) is 20.5. The second-order valence-corrected chi connectivity index (χ2v) is 10.0. The highest BCUT2D eigenvalue weighted by Crippen LogP contribution is 2.33. The third-order valence-electron chi connectivity index (χ3n) is 6.16. The highest BCUT2D eigenvalue weighted by Gasteiger charge is 2.24. The number of oxazole rings is 1. The standard InChI is InChI=1S/C26H21Cl2N5O5S/c1-14-2-3-16(25-29-20-13-17(27)12-18(28)23(20)38-25)10-19(14)30-26(39)31-24(34)15-4-5-21(22(11-15)33(35)36)32-6-8-37-9-7-32/h2-5,10-13H,6-9H2,1H3,(H2,30,31,34,39). The van der Waals surface area contributed by atoms with Crippen molar-refractivity contribution in [3.05, 3.63) is 79.8 Å². The minimum atomic E-state index is -0.580. The van der Waals surface area contributed by atoms with Crippen LogP contribution in [0.15, 0.2) is 52.9 Å². The Hall–Kier alpha value is -3.77. The first-order valence-corrected chi connectivity index (χ1v) is 13.0. The minimum absolute atomic E-state index is 0.0209. The highest BCUT2D eigenvalue weighted by molar-refractivity contribution is 7.80. The Kier molecular flexibility index (Phi) is 7.67. The molecule has 0 saturated carbocycles. The maximum Gasteiger partial charge on any atom is 0.293 e. The first kappa shape index (κ1) is 26.8. The van der Waals surface area contributed by atoms with E-state index in [4.69, 9.17) is 44.6 Å². The molecule has 10 nitrogen and oxygen atoms in total. The molecular formula is C26H21Cl2N5O5S. The van der Waals surface area contributed by atoms with Gasteiger partial charge in [-0.2, -0.15) is 0 Å². The molecule has 1 aromatic heterocycles.